The van der Waals surface area contributed by atoms with Gasteiger partial charge in [0.25, 0.3) is 0 Å². The summed E-state index contributed by atoms with van der Waals surface area (Å²) >= 11 is 0. The fourth-order valence-corrected chi connectivity index (χ4v) is 4.61. The highest BCUT2D eigenvalue weighted by atomic mass is 16.7. The molecule has 1 aromatic carbocycles. The van der Waals surface area contributed by atoms with Gasteiger partial charge in [0, 0.05) is 19.0 Å². The number of ether oxygens (including phenoxy) is 2. The van der Waals surface area contributed by atoms with E-state index in [0.717, 1.165) is 49.3 Å². The van der Waals surface area contributed by atoms with E-state index >= 15 is 0 Å². The van der Waals surface area contributed by atoms with Crippen LogP contribution in [0, 0.1) is 11.8 Å². The third kappa shape index (κ3) is 2.65. The van der Waals surface area contributed by atoms with Crippen molar-refractivity contribution < 1.29 is 19.4 Å². The zero-order chi connectivity index (χ0) is 16.7. The summed E-state index contributed by atoms with van der Waals surface area (Å²) in [5.41, 5.74) is 0.362. The van der Waals surface area contributed by atoms with Gasteiger partial charge in [0.15, 0.2) is 11.5 Å². The first-order valence-electron chi connectivity index (χ1n) is 8.98. The highest BCUT2D eigenvalue weighted by molar-refractivity contribution is 5.79. The lowest BCUT2D eigenvalue weighted by atomic mass is 9.69. The highest BCUT2D eigenvalue weighted by Crippen LogP contribution is 2.44. The van der Waals surface area contributed by atoms with Crippen LogP contribution < -0.4 is 9.47 Å². The molecule has 1 aliphatic carbocycles. The van der Waals surface area contributed by atoms with Crippen molar-refractivity contribution in [3.05, 3.63) is 23.8 Å². The van der Waals surface area contributed by atoms with E-state index in [1.807, 2.05) is 23.1 Å². The van der Waals surface area contributed by atoms with Crippen LogP contribution in [0.3, 0.4) is 0 Å². The molecule has 1 amide bonds. The first kappa shape index (κ1) is 15.8. The van der Waals surface area contributed by atoms with Gasteiger partial charge in [0.05, 0.1) is 12.0 Å². The Hall–Kier alpha value is -1.75. The van der Waals surface area contributed by atoms with Gasteiger partial charge >= 0.3 is 0 Å². The number of aliphatic hydroxyl groups is 1. The SMILES string of the molecule is CC[C@]1(O)CCC[C@H]2CN(C(=O)Cc3ccc4c(c3)OCO4)C[C@H]21. The minimum absolute atomic E-state index is 0.140. The molecule has 1 saturated heterocycles. The predicted octanol–water partition coefficient (Wildman–Crippen LogP) is 2.36. The molecule has 0 aromatic heterocycles. The van der Waals surface area contributed by atoms with Crippen LogP contribution in [0.5, 0.6) is 11.5 Å². The number of carbonyl (C=O) groups is 1. The van der Waals surface area contributed by atoms with E-state index in [-0.39, 0.29) is 18.6 Å². The van der Waals surface area contributed by atoms with Crippen molar-refractivity contribution in [2.24, 2.45) is 11.8 Å². The molecule has 3 aliphatic rings. The van der Waals surface area contributed by atoms with E-state index in [1.165, 1.54) is 0 Å². The molecule has 1 aromatic rings. The Morgan fingerprint density at radius 1 is 1.33 bits per heavy atom. The number of benzene rings is 1. The van der Waals surface area contributed by atoms with E-state index in [9.17, 15) is 9.90 Å². The van der Waals surface area contributed by atoms with Gasteiger partial charge in [-0.3, -0.25) is 4.79 Å². The van der Waals surface area contributed by atoms with Crippen LogP contribution >= 0.6 is 0 Å². The van der Waals surface area contributed by atoms with E-state index in [1.54, 1.807) is 0 Å². The van der Waals surface area contributed by atoms with Crippen LogP contribution in [0.25, 0.3) is 0 Å². The molecule has 2 aliphatic heterocycles. The van der Waals surface area contributed by atoms with Gasteiger partial charge in [-0.25, -0.2) is 0 Å². The van der Waals surface area contributed by atoms with Gasteiger partial charge in [-0.2, -0.15) is 0 Å². The summed E-state index contributed by atoms with van der Waals surface area (Å²) in [5, 5.41) is 10.9. The topological polar surface area (TPSA) is 59.0 Å². The number of fused-ring (bicyclic) bond motifs is 2. The summed E-state index contributed by atoms with van der Waals surface area (Å²) < 4.78 is 10.7. The second-order valence-corrected chi connectivity index (χ2v) is 7.38. The number of amides is 1. The average Bonchev–Trinajstić information content (AvgIpc) is 3.21. The second-order valence-electron chi connectivity index (χ2n) is 7.38. The molecule has 0 radical (unpaired) electrons. The average molecular weight is 331 g/mol. The first-order chi connectivity index (χ1) is 11.6. The molecule has 5 nitrogen and oxygen atoms in total. The largest absolute Gasteiger partial charge is 0.454 e. The molecule has 130 valence electrons. The molecule has 2 fully saturated rings. The lowest BCUT2D eigenvalue weighted by Crippen LogP contribution is -2.44. The van der Waals surface area contributed by atoms with Crippen LogP contribution in [0.15, 0.2) is 18.2 Å². The van der Waals surface area contributed by atoms with Crippen LogP contribution in [0.1, 0.15) is 38.2 Å². The second kappa shape index (κ2) is 5.96. The van der Waals surface area contributed by atoms with Crippen molar-refractivity contribution >= 4 is 5.91 Å². The van der Waals surface area contributed by atoms with Crippen molar-refractivity contribution in [2.45, 2.75) is 44.6 Å². The maximum Gasteiger partial charge on any atom is 0.231 e. The molecule has 24 heavy (non-hydrogen) atoms. The van der Waals surface area contributed by atoms with Gasteiger partial charge in [-0.05, 0) is 42.9 Å². The highest BCUT2D eigenvalue weighted by Gasteiger charge is 2.48. The maximum absolute atomic E-state index is 12.7. The van der Waals surface area contributed by atoms with Crippen LogP contribution in [-0.4, -0.2) is 41.4 Å². The lowest BCUT2D eigenvalue weighted by molar-refractivity contribution is -0.130. The Labute approximate surface area is 142 Å². The summed E-state index contributed by atoms with van der Waals surface area (Å²) in [6, 6.07) is 5.69. The van der Waals surface area contributed by atoms with Crippen LogP contribution in [0.4, 0.5) is 0 Å². The standard InChI is InChI=1S/C19H25NO4/c1-2-19(22)7-3-4-14-10-20(11-15(14)19)18(21)9-13-5-6-16-17(8-13)24-12-23-16/h5-6,8,14-15,22H,2-4,7,9-12H2,1H3/t14-,15+,19-/m0/s1. The lowest BCUT2D eigenvalue weighted by Gasteiger charge is -2.40. The third-order valence-electron chi connectivity index (χ3n) is 6.07. The minimum Gasteiger partial charge on any atom is -0.454 e. The van der Waals surface area contributed by atoms with Gasteiger partial charge in [0.1, 0.15) is 0 Å². The number of hydrogen-bond acceptors (Lipinski definition) is 4. The first-order valence-corrected chi connectivity index (χ1v) is 8.98. The molecule has 0 spiro atoms. The Morgan fingerprint density at radius 2 is 2.17 bits per heavy atom. The Kier molecular flexibility index (Phi) is 3.91. The molecule has 1 N–H and O–H groups in total. The molecular weight excluding hydrogens is 306 g/mol. The van der Waals surface area contributed by atoms with E-state index in [2.05, 4.69) is 6.92 Å². The van der Waals surface area contributed by atoms with Gasteiger partial charge in [-0.1, -0.05) is 19.4 Å². The fraction of sp³-hybridized carbons (Fsp3) is 0.632. The summed E-state index contributed by atoms with van der Waals surface area (Å²) in [7, 11) is 0. The van der Waals surface area contributed by atoms with E-state index in [4.69, 9.17) is 9.47 Å². The quantitative estimate of drug-likeness (QED) is 0.924. The molecule has 4 rings (SSSR count). The normalized spacial score (nSPS) is 31.2. The summed E-state index contributed by atoms with van der Waals surface area (Å²) in [6.07, 6.45) is 4.21. The molecule has 2 heterocycles. The summed E-state index contributed by atoms with van der Waals surface area (Å²) in [4.78, 5) is 14.7. The van der Waals surface area contributed by atoms with Crippen molar-refractivity contribution in [3.8, 4) is 11.5 Å². The van der Waals surface area contributed by atoms with Crippen molar-refractivity contribution in [3.63, 3.8) is 0 Å². The zero-order valence-electron chi connectivity index (χ0n) is 14.2. The van der Waals surface area contributed by atoms with E-state index in [0.29, 0.717) is 18.9 Å². The maximum atomic E-state index is 12.7. The van der Waals surface area contributed by atoms with Crippen molar-refractivity contribution in [2.75, 3.05) is 19.9 Å². The monoisotopic (exact) mass is 331 g/mol. The molecule has 0 bridgehead atoms. The van der Waals surface area contributed by atoms with Gasteiger partial charge < -0.3 is 19.5 Å². The molecule has 1 saturated carbocycles. The Morgan fingerprint density at radius 3 is 3.00 bits per heavy atom. The number of nitrogens with zero attached hydrogens (tertiary/aromatic N) is 1. The Balaban J connectivity index is 1.44. The fourth-order valence-electron chi connectivity index (χ4n) is 4.61. The number of rotatable bonds is 3. The van der Waals surface area contributed by atoms with Crippen molar-refractivity contribution in [1.29, 1.82) is 0 Å². The van der Waals surface area contributed by atoms with Crippen LogP contribution in [-0.2, 0) is 11.2 Å². The van der Waals surface area contributed by atoms with Gasteiger partial charge in [0.2, 0.25) is 12.7 Å². The number of carbonyl (C=O) groups excluding carboxylic acids is 1. The minimum atomic E-state index is -0.587. The number of hydrogen-bond donors (Lipinski definition) is 1. The summed E-state index contributed by atoms with van der Waals surface area (Å²) in [6.45, 7) is 3.78. The molecule has 5 heteroatoms. The van der Waals surface area contributed by atoms with Crippen molar-refractivity contribution in [1.82, 2.24) is 4.90 Å². The molecule has 0 unspecified atom stereocenters. The zero-order valence-corrected chi connectivity index (χ0v) is 14.2. The predicted molar refractivity (Wildman–Crippen MR) is 88.9 cm³/mol. The third-order valence-corrected chi connectivity index (χ3v) is 6.07. The number of likely N-dealkylation sites (tertiary alicyclic amines) is 1. The van der Waals surface area contributed by atoms with Gasteiger partial charge in [-0.15, -0.1) is 0 Å². The Bertz CT molecular complexity index is 646. The van der Waals surface area contributed by atoms with E-state index < -0.39 is 5.60 Å². The molecule has 3 atom stereocenters. The smallest absolute Gasteiger partial charge is 0.231 e. The van der Waals surface area contributed by atoms with Crippen LogP contribution in [0.2, 0.25) is 0 Å². The molecular formula is C19H25NO4. The summed E-state index contributed by atoms with van der Waals surface area (Å²) in [5.74, 6) is 2.28.